The molecule has 0 bridgehead atoms. The van der Waals surface area contributed by atoms with E-state index >= 15 is 0 Å². The predicted molar refractivity (Wildman–Crippen MR) is 313 cm³/mol. The van der Waals surface area contributed by atoms with Crippen molar-refractivity contribution < 1.29 is 49.1 Å². The van der Waals surface area contributed by atoms with E-state index in [1.165, 1.54) is 6.20 Å². The molecular formula is C70H65N4OPt-3. The van der Waals surface area contributed by atoms with Crippen molar-refractivity contribution in [1.29, 1.82) is 0 Å². The van der Waals surface area contributed by atoms with Gasteiger partial charge in [0.05, 0.1) is 23.3 Å². The number of benzene rings is 8. The molecule has 0 atom stereocenters. The van der Waals surface area contributed by atoms with E-state index in [4.69, 9.17) is 23.4 Å². The minimum atomic E-state index is -0.733. The maximum Gasteiger partial charge on any atom is 0.135 e. The molecule has 8 aromatic carbocycles. The fourth-order valence-corrected chi connectivity index (χ4v) is 10.4. The monoisotopic (exact) mass is 1190 g/mol. The van der Waals surface area contributed by atoms with Gasteiger partial charge in [-0.2, -0.15) is 12.1 Å². The second-order valence-electron chi connectivity index (χ2n) is 22.8. The number of nitrogens with zero attached hydrogens (tertiary/aromatic N) is 4. The zero-order valence-corrected chi connectivity index (χ0v) is 46.3. The summed E-state index contributed by atoms with van der Waals surface area (Å²) in [4.78, 5) is 8.51. The van der Waals surface area contributed by atoms with Crippen LogP contribution in [0.3, 0.4) is 0 Å². The van der Waals surface area contributed by atoms with Crippen molar-refractivity contribution >= 4 is 44.6 Å². The molecular weight excluding hydrogens is 1110 g/mol. The normalized spacial score (nSPS) is 18.0. The summed E-state index contributed by atoms with van der Waals surface area (Å²) < 4.78 is 163. The Hall–Kier alpha value is -7.20. The molecule has 1 aliphatic heterocycles. The number of para-hydroxylation sites is 3. The summed E-state index contributed by atoms with van der Waals surface area (Å²) in [5.41, 5.74) is 3.34. The molecule has 0 saturated carbocycles. The van der Waals surface area contributed by atoms with Gasteiger partial charge in [0.2, 0.25) is 0 Å². The summed E-state index contributed by atoms with van der Waals surface area (Å²) in [5.74, 6) is 0.550. The Balaban J connectivity index is 0.00000884. The average Bonchev–Trinajstić information content (AvgIpc) is 1.68. The van der Waals surface area contributed by atoms with Crippen molar-refractivity contribution in [3.63, 3.8) is 0 Å². The summed E-state index contributed by atoms with van der Waals surface area (Å²) >= 11 is 0. The molecule has 0 amide bonds. The number of hydrogen-bond acceptors (Lipinski definition) is 4. The molecule has 384 valence electrons. The molecule has 0 unspecified atom stereocenters. The van der Waals surface area contributed by atoms with Crippen LogP contribution in [0.2, 0.25) is 0 Å². The quantitative estimate of drug-likeness (QED) is 0.142. The van der Waals surface area contributed by atoms with Gasteiger partial charge >= 0.3 is 0 Å². The number of anilines is 4. The largest absolute Gasteiger partial charge is 0.509 e. The zero-order valence-electron chi connectivity index (χ0n) is 61.0. The Morgan fingerprint density at radius 2 is 1.21 bits per heavy atom. The maximum atomic E-state index is 10.3. The first-order valence-electron chi connectivity index (χ1n) is 33.7. The third-order valence-electron chi connectivity index (χ3n) is 14.6. The van der Waals surface area contributed by atoms with E-state index in [1.807, 2.05) is 108 Å². The molecule has 3 heterocycles. The smallest absolute Gasteiger partial charge is 0.135 e. The third kappa shape index (κ3) is 9.05. The van der Waals surface area contributed by atoms with Crippen LogP contribution in [0.1, 0.15) is 128 Å². The van der Waals surface area contributed by atoms with Crippen LogP contribution in [-0.2, 0) is 42.7 Å². The van der Waals surface area contributed by atoms with E-state index in [0.717, 1.165) is 12.8 Å². The van der Waals surface area contributed by atoms with Crippen molar-refractivity contribution in [2.75, 3.05) is 9.80 Å². The number of aromatic nitrogens is 2. The van der Waals surface area contributed by atoms with Crippen LogP contribution in [0.15, 0.2) is 182 Å². The molecule has 1 aliphatic carbocycles. The summed E-state index contributed by atoms with van der Waals surface area (Å²) in [6.07, 6.45) is 2.89. The fourth-order valence-electron chi connectivity index (χ4n) is 10.4. The zero-order chi connectivity index (χ0) is 66.8. The van der Waals surface area contributed by atoms with Crippen molar-refractivity contribution in [2.24, 2.45) is 0 Å². The molecule has 76 heavy (non-hydrogen) atoms. The topological polar surface area (TPSA) is 33.5 Å². The standard InChI is InChI=1S/C70H65N4O.Pt/c1-67(2,3)49-39-55(46-22-13-11-14-23-46)66(56(40-49)48-32-35-58-60(38-48)70(9,10)37-36-69(58,7)8)73-45-72(62-30-19-20-31-63(62)73)50-26-21-27-51(41-50)75-52-33-34-54-53-28-17-18-29-61(53)74(64(54)42-52)65-43-59(68(4,5)6)57(44-71-65)47-24-15-12-16-25-47;/h11-35,38-40,43-45H,36-37H2,1-10H3;/q-3;/i11D,12D,13D,14D,15D,16D,17D,18D,22D,23D,24D,25D,28D,29D,32D,35D,38D;. The first kappa shape index (κ1) is 34.5. The molecule has 2 aliphatic rings. The number of rotatable bonds is 8. The van der Waals surface area contributed by atoms with E-state index in [9.17, 15) is 9.60 Å². The van der Waals surface area contributed by atoms with Gasteiger partial charge in [-0.25, -0.2) is 4.98 Å². The SMILES string of the molecule is [2H]c1c([2H])c([2H])c(-c2cnc(-n3c4[c-]c(Oc5[c-]c(N6[CH-]N(c7c(-c8c([2H])c([2H])c([2H])c([2H])c8[2H])cc(C(C)(C)C)cc7-c7c([2H])c([2H])c8c(c7[2H])C(C)(C)CCC8(C)C)c7ccccc76)ccc5)ccc4c4c([2H])c([2H])c([2H])c([2H])c43)cc2C(C)(C)C)c([2H])c1[2H].[Pt]. The van der Waals surface area contributed by atoms with Crippen molar-refractivity contribution in [2.45, 2.75) is 104 Å². The summed E-state index contributed by atoms with van der Waals surface area (Å²) in [5, 5.41) is 0.580. The van der Waals surface area contributed by atoms with Crippen LogP contribution in [0.4, 0.5) is 22.7 Å². The van der Waals surface area contributed by atoms with Gasteiger partial charge in [-0.1, -0.05) is 184 Å². The first-order valence-corrected chi connectivity index (χ1v) is 25.2. The molecule has 0 radical (unpaired) electrons. The van der Waals surface area contributed by atoms with Crippen molar-refractivity contribution in [3.05, 3.63) is 223 Å². The molecule has 0 spiro atoms. The van der Waals surface area contributed by atoms with Crippen LogP contribution in [0.5, 0.6) is 11.5 Å². The molecule has 2 aromatic heterocycles. The summed E-state index contributed by atoms with van der Waals surface area (Å²) in [6, 6.07) is 21.6. The van der Waals surface area contributed by atoms with Gasteiger partial charge in [0.25, 0.3) is 0 Å². The molecule has 0 saturated heterocycles. The Bertz CT molecular complexity index is 4800. The number of fused-ring (bicyclic) bond motifs is 5. The molecule has 0 N–H and O–H groups in total. The van der Waals surface area contributed by atoms with Gasteiger partial charge < -0.3 is 19.1 Å². The van der Waals surface area contributed by atoms with Crippen molar-refractivity contribution in [3.8, 4) is 50.7 Å². The number of pyridine rings is 1. The minimum absolute atomic E-state index is 0. The van der Waals surface area contributed by atoms with E-state index in [-0.39, 0.29) is 113 Å². The Morgan fingerprint density at radius 3 is 1.89 bits per heavy atom. The minimum Gasteiger partial charge on any atom is -0.509 e. The summed E-state index contributed by atoms with van der Waals surface area (Å²) in [7, 11) is 0. The van der Waals surface area contributed by atoms with Crippen molar-refractivity contribution in [1.82, 2.24) is 9.55 Å². The third-order valence-corrected chi connectivity index (χ3v) is 14.6. The van der Waals surface area contributed by atoms with E-state index in [0.29, 0.717) is 56.0 Å². The molecule has 12 rings (SSSR count). The molecule has 6 heteroatoms. The van der Waals surface area contributed by atoms with Crippen LogP contribution in [0.25, 0.3) is 61.0 Å². The Morgan fingerprint density at radius 1 is 0.592 bits per heavy atom. The summed E-state index contributed by atoms with van der Waals surface area (Å²) in [6.45, 7) is 21.7. The van der Waals surface area contributed by atoms with Gasteiger partial charge in [0.1, 0.15) is 5.82 Å². The van der Waals surface area contributed by atoms with Gasteiger partial charge in [-0.3, -0.25) is 0 Å². The first-order chi connectivity index (χ1) is 43.0. The Labute approximate surface area is 488 Å². The van der Waals surface area contributed by atoms with E-state index in [2.05, 4.69) is 26.0 Å². The molecule has 0 fully saturated rings. The van der Waals surface area contributed by atoms with E-state index in [1.54, 1.807) is 41.6 Å². The van der Waals surface area contributed by atoms with Gasteiger partial charge in [0.15, 0.2) is 0 Å². The second-order valence-corrected chi connectivity index (χ2v) is 22.8. The second kappa shape index (κ2) is 19.1. The van der Waals surface area contributed by atoms with Crippen LogP contribution >= 0.6 is 0 Å². The molecule has 10 aromatic rings. The maximum absolute atomic E-state index is 10.3. The number of hydrogen-bond donors (Lipinski definition) is 0. The van der Waals surface area contributed by atoms with Gasteiger partial charge in [0, 0.05) is 78.0 Å². The molecule has 5 nitrogen and oxygen atoms in total. The van der Waals surface area contributed by atoms with Gasteiger partial charge in [-0.05, 0) is 115 Å². The van der Waals surface area contributed by atoms with Crippen LogP contribution < -0.4 is 14.5 Å². The predicted octanol–water partition coefficient (Wildman–Crippen LogP) is 18.9. The van der Waals surface area contributed by atoms with Crippen LogP contribution in [0, 0.1) is 18.8 Å². The number of ether oxygens (including phenoxy) is 1. The van der Waals surface area contributed by atoms with Gasteiger partial charge in [-0.15, -0.1) is 48.1 Å². The fraction of sp³-hybridized carbons (Fsp3) is 0.229. The van der Waals surface area contributed by atoms with E-state index < -0.39 is 94.2 Å². The van der Waals surface area contributed by atoms with Crippen LogP contribution in [-0.4, -0.2) is 9.55 Å². The Kier molecular flexibility index (Phi) is 8.67. The average molecular weight is 1190 g/mol.